The number of ether oxygens (including phenoxy) is 1. The van der Waals surface area contributed by atoms with E-state index in [0.29, 0.717) is 6.10 Å². The topological polar surface area (TPSA) is 21.3 Å². The summed E-state index contributed by atoms with van der Waals surface area (Å²) in [4.78, 5) is 0. The van der Waals surface area contributed by atoms with E-state index in [-0.39, 0.29) is 0 Å². The molecular formula is C15H21NO. The SMILES string of the molecule is CC=Cc1ccccc1OC1CCCNCC1. The second-order valence-electron chi connectivity index (χ2n) is 4.46. The Balaban J connectivity index is 2.06. The highest BCUT2D eigenvalue weighted by Gasteiger charge is 2.14. The van der Waals surface area contributed by atoms with Gasteiger partial charge in [-0.3, -0.25) is 0 Å². The van der Waals surface area contributed by atoms with E-state index in [2.05, 4.69) is 35.7 Å². The first kappa shape index (κ1) is 12.2. The lowest BCUT2D eigenvalue weighted by molar-refractivity contribution is 0.187. The van der Waals surface area contributed by atoms with Crippen LogP contribution in [0.15, 0.2) is 30.3 Å². The van der Waals surface area contributed by atoms with Crippen molar-refractivity contribution in [2.45, 2.75) is 32.3 Å². The molecule has 2 rings (SSSR count). The molecule has 1 heterocycles. The van der Waals surface area contributed by atoms with Crippen molar-refractivity contribution in [3.63, 3.8) is 0 Å². The highest BCUT2D eigenvalue weighted by molar-refractivity contribution is 5.56. The van der Waals surface area contributed by atoms with Gasteiger partial charge in [0.2, 0.25) is 0 Å². The van der Waals surface area contributed by atoms with Crippen molar-refractivity contribution in [3.8, 4) is 5.75 Å². The van der Waals surface area contributed by atoms with Gasteiger partial charge < -0.3 is 10.1 Å². The summed E-state index contributed by atoms with van der Waals surface area (Å²) in [6, 6.07) is 8.26. The van der Waals surface area contributed by atoms with Gasteiger partial charge in [0.05, 0.1) is 6.10 Å². The van der Waals surface area contributed by atoms with Crippen LogP contribution in [0.25, 0.3) is 6.08 Å². The van der Waals surface area contributed by atoms with Gasteiger partial charge in [-0.05, 0) is 45.3 Å². The summed E-state index contributed by atoms with van der Waals surface area (Å²) >= 11 is 0. The largest absolute Gasteiger partial charge is 0.490 e. The first-order valence-electron chi connectivity index (χ1n) is 6.49. The number of hydrogen-bond donors (Lipinski definition) is 1. The fourth-order valence-electron chi connectivity index (χ4n) is 2.19. The number of rotatable bonds is 3. The predicted octanol–water partition coefficient (Wildman–Crippen LogP) is 3.24. The maximum Gasteiger partial charge on any atom is 0.126 e. The Labute approximate surface area is 104 Å². The number of benzene rings is 1. The third-order valence-electron chi connectivity index (χ3n) is 3.08. The smallest absolute Gasteiger partial charge is 0.126 e. The van der Waals surface area contributed by atoms with E-state index in [1.165, 1.54) is 12.0 Å². The normalized spacial score (nSPS) is 21.4. The Kier molecular flexibility index (Phi) is 4.63. The Morgan fingerprint density at radius 3 is 3.00 bits per heavy atom. The van der Waals surface area contributed by atoms with Gasteiger partial charge in [0, 0.05) is 5.56 Å². The van der Waals surface area contributed by atoms with Crippen LogP contribution in [0.3, 0.4) is 0 Å². The first-order chi connectivity index (χ1) is 8.40. The van der Waals surface area contributed by atoms with Crippen LogP contribution in [-0.4, -0.2) is 19.2 Å². The van der Waals surface area contributed by atoms with Gasteiger partial charge in [0.15, 0.2) is 0 Å². The van der Waals surface area contributed by atoms with Crippen molar-refractivity contribution in [1.82, 2.24) is 5.32 Å². The van der Waals surface area contributed by atoms with E-state index in [4.69, 9.17) is 4.74 Å². The molecule has 1 aliphatic rings. The molecule has 0 aromatic heterocycles. The molecule has 0 spiro atoms. The van der Waals surface area contributed by atoms with Crippen LogP contribution < -0.4 is 10.1 Å². The quantitative estimate of drug-likeness (QED) is 0.862. The Hall–Kier alpha value is -1.28. The summed E-state index contributed by atoms with van der Waals surface area (Å²) in [7, 11) is 0. The van der Waals surface area contributed by atoms with E-state index in [9.17, 15) is 0 Å². The summed E-state index contributed by atoms with van der Waals surface area (Å²) in [6.45, 7) is 4.22. The number of hydrogen-bond acceptors (Lipinski definition) is 2. The molecule has 2 nitrogen and oxygen atoms in total. The van der Waals surface area contributed by atoms with Crippen molar-refractivity contribution in [2.24, 2.45) is 0 Å². The molecule has 1 aliphatic heterocycles. The zero-order chi connectivity index (χ0) is 11.9. The molecule has 92 valence electrons. The van der Waals surface area contributed by atoms with Gasteiger partial charge in [-0.1, -0.05) is 30.4 Å². The molecule has 0 amide bonds. The standard InChI is InChI=1S/C15H21NO/c1-2-6-13-7-3-4-9-15(13)17-14-8-5-11-16-12-10-14/h2-4,6-7,9,14,16H,5,8,10-12H2,1H3. The van der Waals surface area contributed by atoms with E-state index < -0.39 is 0 Å². The highest BCUT2D eigenvalue weighted by atomic mass is 16.5. The summed E-state index contributed by atoms with van der Waals surface area (Å²) in [5.41, 5.74) is 1.17. The second kappa shape index (κ2) is 6.45. The van der Waals surface area contributed by atoms with Crippen LogP contribution in [0, 0.1) is 0 Å². The molecule has 1 aromatic rings. The van der Waals surface area contributed by atoms with Crippen LogP contribution in [0.1, 0.15) is 31.7 Å². The average molecular weight is 231 g/mol. The molecule has 1 N–H and O–H groups in total. The van der Waals surface area contributed by atoms with Gasteiger partial charge in [-0.15, -0.1) is 0 Å². The summed E-state index contributed by atoms with van der Waals surface area (Å²) in [5.74, 6) is 1.01. The second-order valence-corrected chi connectivity index (χ2v) is 4.46. The molecule has 1 unspecified atom stereocenters. The average Bonchev–Trinajstić information content (AvgIpc) is 2.61. The molecule has 1 aromatic carbocycles. The lowest BCUT2D eigenvalue weighted by Crippen LogP contribution is -2.19. The van der Waals surface area contributed by atoms with E-state index in [1.54, 1.807) is 0 Å². The lowest BCUT2D eigenvalue weighted by atomic mass is 10.1. The fraction of sp³-hybridized carbons (Fsp3) is 0.467. The first-order valence-corrected chi connectivity index (χ1v) is 6.49. The molecule has 0 saturated carbocycles. The van der Waals surface area contributed by atoms with Gasteiger partial charge in [-0.25, -0.2) is 0 Å². The Morgan fingerprint density at radius 1 is 1.24 bits per heavy atom. The van der Waals surface area contributed by atoms with Gasteiger partial charge in [0.1, 0.15) is 5.75 Å². The minimum atomic E-state index is 0.358. The van der Waals surface area contributed by atoms with Crippen molar-refractivity contribution in [2.75, 3.05) is 13.1 Å². The fourth-order valence-corrected chi connectivity index (χ4v) is 2.19. The summed E-state index contributed by atoms with van der Waals surface area (Å²) < 4.78 is 6.13. The van der Waals surface area contributed by atoms with E-state index in [0.717, 1.165) is 31.7 Å². The van der Waals surface area contributed by atoms with Crippen molar-refractivity contribution in [3.05, 3.63) is 35.9 Å². The number of para-hydroxylation sites is 1. The minimum absolute atomic E-state index is 0.358. The molecule has 17 heavy (non-hydrogen) atoms. The van der Waals surface area contributed by atoms with Gasteiger partial charge in [-0.2, -0.15) is 0 Å². The van der Waals surface area contributed by atoms with Crippen molar-refractivity contribution in [1.29, 1.82) is 0 Å². The Morgan fingerprint density at radius 2 is 2.12 bits per heavy atom. The lowest BCUT2D eigenvalue weighted by Gasteiger charge is -2.18. The molecule has 1 fully saturated rings. The molecule has 0 radical (unpaired) electrons. The van der Waals surface area contributed by atoms with E-state index in [1.807, 2.05) is 13.0 Å². The van der Waals surface area contributed by atoms with Gasteiger partial charge in [0.25, 0.3) is 0 Å². The molecule has 0 bridgehead atoms. The van der Waals surface area contributed by atoms with Crippen LogP contribution in [-0.2, 0) is 0 Å². The monoisotopic (exact) mass is 231 g/mol. The summed E-state index contributed by atoms with van der Waals surface area (Å²) in [5, 5.41) is 3.41. The maximum absolute atomic E-state index is 6.13. The minimum Gasteiger partial charge on any atom is -0.490 e. The predicted molar refractivity (Wildman–Crippen MR) is 72.3 cm³/mol. The van der Waals surface area contributed by atoms with E-state index >= 15 is 0 Å². The van der Waals surface area contributed by atoms with Crippen molar-refractivity contribution >= 4 is 6.08 Å². The van der Waals surface area contributed by atoms with Crippen LogP contribution in [0.2, 0.25) is 0 Å². The van der Waals surface area contributed by atoms with Crippen molar-refractivity contribution < 1.29 is 4.74 Å². The molecular weight excluding hydrogens is 210 g/mol. The zero-order valence-corrected chi connectivity index (χ0v) is 10.5. The molecule has 1 atom stereocenters. The highest BCUT2D eigenvalue weighted by Crippen LogP contribution is 2.23. The number of nitrogens with one attached hydrogen (secondary N) is 1. The molecule has 1 saturated heterocycles. The van der Waals surface area contributed by atoms with Crippen LogP contribution >= 0.6 is 0 Å². The van der Waals surface area contributed by atoms with Crippen LogP contribution in [0.5, 0.6) is 5.75 Å². The third-order valence-corrected chi connectivity index (χ3v) is 3.08. The zero-order valence-electron chi connectivity index (χ0n) is 10.5. The third kappa shape index (κ3) is 3.60. The molecule has 2 heteroatoms. The molecule has 0 aliphatic carbocycles. The Bertz CT molecular complexity index is 365. The van der Waals surface area contributed by atoms with Gasteiger partial charge >= 0.3 is 0 Å². The number of allylic oxidation sites excluding steroid dienone is 1. The summed E-state index contributed by atoms with van der Waals surface area (Å²) in [6.07, 6.45) is 7.97. The van der Waals surface area contributed by atoms with Crippen LogP contribution in [0.4, 0.5) is 0 Å². The maximum atomic E-state index is 6.13.